The molecule has 1 atom stereocenters. The van der Waals surface area contributed by atoms with E-state index in [0.717, 1.165) is 5.56 Å². The van der Waals surface area contributed by atoms with Gasteiger partial charge in [-0.15, -0.1) is 11.3 Å². The van der Waals surface area contributed by atoms with Gasteiger partial charge < -0.3 is 0 Å². The highest BCUT2D eigenvalue weighted by Crippen LogP contribution is 2.23. The third-order valence-electron chi connectivity index (χ3n) is 3.01. The number of likely N-dealkylation sites (N-methyl/N-ethyl adjacent to an activating group) is 1. The van der Waals surface area contributed by atoms with Crippen LogP contribution in [0.3, 0.4) is 0 Å². The number of hydrogen-bond acceptors (Lipinski definition) is 4. The summed E-state index contributed by atoms with van der Waals surface area (Å²) in [5.41, 5.74) is 1.09. The SMILES string of the molecule is CC(C(=O)c1ccc(Cl)s1)N(C)Cc1cccnc1. The fourth-order valence-corrected chi connectivity index (χ4v) is 2.84. The molecule has 2 rings (SSSR count). The Morgan fingerprint density at radius 2 is 2.26 bits per heavy atom. The molecule has 2 heterocycles. The van der Waals surface area contributed by atoms with Crippen LogP contribution in [0.5, 0.6) is 0 Å². The van der Waals surface area contributed by atoms with Crippen molar-refractivity contribution in [2.45, 2.75) is 19.5 Å². The average Bonchev–Trinajstić information content (AvgIpc) is 2.85. The van der Waals surface area contributed by atoms with Gasteiger partial charge in [-0.05, 0) is 37.7 Å². The number of hydrogen-bond donors (Lipinski definition) is 0. The maximum atomic E-state index is 12.3. The van der Waals surface area contributed by atoms with Gasteiger partial charge in [0.15, 0.2) is 5.78 Å². The third kappa shape index (κ3) is 3.62. The number of aromatic nitrogens is 1. The van der Waals surface area contributed by atoms with E-state index in [-0.39, 0.29) is 11.8 Å². The first-order chi connectivity index (χ1) is 9.08. The van der Waals surface area contributed by atoms with E-state index in [9.17, 15) is 4.79 Å². The summed E-state index contributed by atoms with van der Waals surface area (Å²) in [6, 6.07) is 7.25. The van der Waals surface area contributed by atoms with Crippen molar-refractivity contribution in [1.29, 1.82) is 0 Å². The highest BCUT2D eigenvalue weighted by atomic mass is 35.5. The molecule has 0 fully saturated rings. The molecule has 1 unspecified atom stereocenters. The predicted molar refractivity (Wildman–Crippen MR) is 78.8 cm³/mol. The highest BCUT2D eigenvalue weighted by molar-refractivity contribution is 7.18. The van der Waals surface area contributed by atoms with Crippen LogP contribution in [-0.2, 0) is 6.54 Å². The molecule has 0 bridgehead atoms. The zero-order valence-corrected chi connectivity index (χ0v) is 12.4. The minimum Gasteiger partial charge on any atom is -0.292 e. The summed E-state index contributed by atoms with van der Waals surface area (Å²) in [4.78, 5) is 19.1. The van der Waals surface area contributed by atoms with Crippen LogP contribution in [0.25, 0.3) is 0 Å². The lowest BCUT2D eigenvalue weighted by Crippen LogP contribution is -2.35. The number of pyridine rings is 1. The molecule has 0 aliphatic rings. The molecular formula is C14H15ClN2OS. The fraction of sp³-hybridized carbons (Fsp3) is 0.286. The number of carbonyl (C=O) groups excluding carboxylic acids is 1. The summed E-state index contributed by atoms with van der Waals surface area (Å²) >= 11 is 7.19. The first-order valence-electron chi connectivity index (χ1n) is 5.96. The Labute approximate surface area is 121 Å². The van der Waals surface area contributed by atoms with E-state index in [4.69, 9.17) is 11.6 Å². The zero-order valence-electron chi connectivity index (χ0n) is 10.8. The number of thiophene rings is 1. The van der Waals surface area contributed by atoms with Crippen molar-refractivity contribution in [2.75, 3.05) is 7.05 Å². The molecule has 2 aromatic heterocycles. The average molecular weight is 295 g/mol. The Kier molecular flexibility index (Phi) is 4.69. The van der Waals surface area contributed by atoms with Gasteiger partial charge in [0.25, 0.3) is 0 Å². The van der Waals surface area contributed by atoms with Crippen LogP contribution < -0.4 is 0 Å². The molecule has 0 N–H and O–H groups in total. The summed E-state index contributed by atoms with van der Waals surface area (Å²) in [7, 11) is 1.94. The predicted octanol–water partition coefficient (Wildman–Crippen LogP) is 3.50. The largest absolute Gasteiger partial charge is 0.292 e. The molecule has 3 nitrogen and oxygen atoms in total. The summed E-state index contributed by atoms with van der Waals surface area (Å²) in [6.07, 6.45) is 3.56. The lowest BCUT2D eigenvalue weighted by Gasteiger charge is -2.22. The van der Waals surface area contributed by atoms with Crippen LogP contribution in [0.1, 0.15) is 22.2 Å². The molecule has 0 spiro atoms. The summed E-state index contributed by atoms with van der Waals surface area (Å²) in [5, 5.41) is 0. The Hall–Kier alpha value is -1.23. The first-order valence-corrected chi connectivity index (χ1v) is 7.16. The van der Waals surface area contributed by atoms with E-state index >= 15 is 0 Å². The van der Waals surface area contributed by atoms with Crippen LogP contribution in [0.4, 0.5) is 0 Å². The normalized spacial score (nSPS) is 12.6. The molecule has 0 aliphatic carbocycles. The van der Waals surface area contributed by atoms with Crippen LogP contribution in [0.2, 0.25) is 4.34 Å². The molecule has 0 aliphatic heterocycles. The smallest absolute Gasteiger partial charge is 0.189 e. The van der Waals surface area contributed by atoms with Crippen LogP contribution >= 0.6 is 22.9 Å². The highest BCUT2D eigenvalue weighted by Gasteiger charge is 2.21. The maximum absolute atomic E-state index is 12.3. The molecule has 0 saturated heterocycles. The molecule has 5 heteroatoms. The van der Waals surface area contributed by atoms with Gasteiger partial charge in [0, 0.05) is 18.9 Å². The van der Waals surface area contributed by atoms with Gasteiger partial charge >= 0.3 is 0 Å². The van der Waals surface area contributed by atoms with Crippen molar-refractivity contribution in [1.82, 2.24) is 9.88 Å². The molecule has 0 radical (unpaired) electrons. The van der Waals surface area contributed by atoms with Crippen molar-refractivity contribution >= 4 is 28.7 Å². The van der Waals surface area contributed by atoms with Gasteiger partial charge in [-0.3, -0.25) is 14.7 Å². The number of ketones is 1. The second-order valence-electron chi connectivity index (χ2n) is 4.42. The Balaban J connectivity index is 2.03. The number of Topliss-reactive ketones (excluding diaryl/α,β-unsaturated/α-hetero) is 1. The quantitative estimate of drug-likeness (QED) is 0.791. The minimum atomic E-state index is -0.185. The number of rotatable bonds is 5. The van der Waals surface area contributed by atoms with E-state index < -0.39 is 0 Å². The fourth-order valence-electron chi connectivity index (χ4n) is 1.77. The maximum Gasteiger partial charge on any atom is 0.189 e. The number of nitrogens with zero attached hydrogens (tertiary/aromatic N) is 2. The van der Waals surface area contributed by atoms with Crippen molar-refractivity contribution in [3.05, 3.63) is 51.4 Å². The molecule has 0 amide bonds. The van der Waals surface area contributed by atoms with Gasteiger partial charge in [-0.2, -0.15) is 0 Å². The molecule has 0 aromatic carbocycles. The van der Waals surface area contributed by atoms with Crippen molar-refractivity contribution in [3.8, 4) is 0 Å². The summed E-state index contributed by atoms with van der Waals surface area (Å²) in [5.74, 6) is 0.100. The molecule has 19 heavy (non-hydrogen) atoms. The van der Waals surface area contributed by atoms with Gasteiger partial charge in [0.1, 0.15) is 0 Å². The molecule has 2 aromatic rings. The van der Waals surface area contributed by atoms with Crippen molar-refractivity contribution < 1.29 is 4.79 Å². The second-order valence-corrected chi connectivity index (χ2v) is 6.14. The minimum absolute atomic E-state index is 0.100. The van der Waals surface area contributed by atoms with E-state index in [0.29, 0.717) is 15.8 Å². The van der Waals surface area contributed by atoms with Crippen LogP contribution in [0.15, 0.2) is 36.7 Å². The van der Waals surface area contributed by atoms with Crippen LogP contribution in [-0.4, -0.2) is 28.8 Å². The Morgan fingerprint density at radius 3 is 2.84 bits per heavy atom. The zero-order chi connectivity index (χ0) is 13.8. The summed E-state index contributed by atoms with van der Waals surface area (Å²) < 4.78 is 0.644. The third-order valence-corrected chi connectivity index (χ3v) is 4.26. The number of carbonyl (C=O) groups is 1. The lowest BCUT2D eigenvalue weighted by molar-refractivity contribution is 0.0866. The number of halogens is 1. The Bertz CT molecular complexity index is 556. The topological polar surface area (TPSA) is 33.2 Å². The van der Waals surface area contributed by atoms with Gasteiger partial charge in [-0.25, -0.2) is 0 Å². The molecule has 100 valence electrons. The monoisotopic (exact) mass is 294 g/mol. The standard InChI is InChI=1S/C14H15ClN2OS/c1-10(14(18)12-5-6-13(15)19-12)17(2)9-11-4-3-7-16-8-11/h3-8,10H,9H2,1-2H3. The van der Waals surface area contributed by atoms with E-state index in [1.807, 2.05) is 37.2 Å². The van der Waals surface area contributed by atoms with E-state index in [2.05, 4.69) is 4.98 Å². The van der Waals surface area contributed by atoms with Gasteiger partial charge in [0.05, 0.1) is 15.3 Å². The Morgan fingerprint density at radius 1 is 1.47 bits per heavy atom. The van der Waals surface area contributed by atoms with Crippen molar-refractivity contribution in [3.63, 3.8) is 0 Å². The van der Waals surface area contributed by atoms with E-state index in [1.165, 1.54) is 11.3 Å². The second kappa shape index (κ2) is 6.28. The van der Waals surface area contributed by atoms with Gasteiger partial charge in [-0.1, -0.05) is 17.7 Å². The van der Waals surface area contributed by atoms with Gasteiger partial charge in [0.2, 0.25) is 0 Å². The first kappa shape index (κ1) is 14.2. The van der Waals surface area contributed by atoms with Crippen LogP contribution in [0, 0.1) is 0 Å². The lowest BCUT2D eigenvalue weighted by atomic mass is 10.1. The summed E-state index contributed by atoms with van der Waals surface area (Å²) in [6.45, 7) is 2.60. The molecular weight excluding hydrogens is 280 g/mol. The van der Waals surface area contributed by atoms with Crippen molar-refractivity contribution in [2.24, 2.45) is 0 Å². The molecule has 0 saturated carbocycles. The van der Waals surface area contributed by atoms with E-state index in [1.54, 1.807) is 18.3 Å².